The van der Waals surface area contributed by atoms with Crippen molar-refractivity contribution in [3.05, 3.63) is 35.4 Å². The van der Waals surface area contributed by atoms with Gasteiger partial charge in [0.25, 0.3) is 0 Å². The van der Waals surface area contributed by atoms with E-state index in [-0.39, 0.29) is 6.10 Å². The minimum Gasteiger partial charge on any atom is -0.387 e. The van der Waals surface area contributed by atoms with Gasteiger partial charge in [-0.25, -0.2) is 0 Å². The lowest BCUT2D eigenvalue weighted by Crippen LogP contribution is -2.29. The second kappa shape index (κ2) is 6.50. The van der Waals surface area contributed by atoms with Crippen LogP contribution in [-0.4, -0.2) is 18.2 Å². The van der Waals surface area contributed by atoms with Crippen LogP contribution in [-0.2, 0) is 0 Å². The van der Waals surface area contributed by atoms with Crippen molar-refractivity contribution in [2.75, 3.05) is 13.1 Å². The summed E-state index contributed by atoms with van der Waals surface area (Å²) in [7, 11) is 0. The molecule has 4 unspecified atom stereocenters. The first-order chi connectivity index (χ1) is 10.1. The number of aliphatic hydroxyl groups excluding tert-OH is 1. The van der Waals surface area contributed by atoms with E-state index < -0.39 is 0 Å². The van der Waals surface area contributed by atoms with Crippen LogP contribution in [0.5, 0.6) is 0 Å². The Kier molecular flexibility index (Phi) is 4.66. The maximum absolute atomic E-state index is 10.3. The third-order valence-electron chi connectivity index (χ3n) is 5.62. The lowest BCUT2D eigenvalue weighted by atomic mass is 9.89. The Balaban J connectivity index is 1.44. The zero-order valence-electron chi connectivity index (χ0n) is 13.4. The normalized spacial score (nSPS) is 29.2. The van der Waals surface area contributed by atoms with E-state index in [1.807, 2.05) is 0 Å². The molecule has 0 aromatic heterocycles. The standard InChI is InChI=1S/C19H29NO/c1-13(2)15-5-7-16(8-6-15)19(21)12-20-11-18-10-14-3-4-17(18)9-14/h5-8,13-14,17-21H,3-4,9-12H2,1-2H3. The van der Waals surface area contributed by atoms with Gasteiger partial charge in [0.1, 0.15) is 0 Å². The van der Waals surface area contributed by atoms with Gasteiger partial charge in [0.2, 0.25) is 0 Å². The topological polar surface area (TPSA) is 32.3 Å². The molecule has 0 radical (unpaired) electrons. The van der Waals surface area contributed by atoms with E-state index in [1.165, 1.54) is 31.2 Å². The van der Waals surface area contributed by atoms with Crippen LogP contribution >= 0.6 is 0 Å². The number of hydrogen-bond donors (Lipinski definition) is 2. The molecule has 0 aliphatic heterocycles. The zero-order chi connectivity index (χ0) is 14.8. The quantitative estimate of drug-likeness (QED) is 0.832. The van der Waals surface area contributed by atoms with Gasteiger partial charge in [0.15, 0.2) is 0 Å². The fraction of sp³-hybridized carbons (Fsp3) is 0.684. The molecule has 2 fully saturated rings. The Hall–Kier alpha value is -0.860. The molecular formula is C19H29NO. The van der Waals surface area contributed by atoms with E-state index in [2.05, 4.69) is 43.4 Å². The summed E-state index contributed by atoms with van der Waals surface area (Å²) >= 11 is 0. The molecule has 2 aliphatic rings. The summed E-state index contributed by atoms with van der Waals surface area (Å²) in [5, 5.41) is 13.8. The summed E-state index contributed by atoms with van der Waals surface area (Å²) in [6.45, 7) is 6.15. The fourth-order valence-electron chi connectivity index (χ4n) is 4.25. The highest BCUT2D eigenvalue weighted by Crippen LogP contribution is 2.47. The lowest BCUT2D eigenvalue weighted by molar-refractivity contribution is 0.170. The Morgan fingerprint density at radius 2 is 1.81 bits per heavy atom. The van der Waals surface area contributed by atoms with Crippen molar-refractivity contribution in [1.29, 1.82) is 0 Å². The summed E-state index contributed by atoms with van der Waals surface area (Å²) < 4.78 is 0. The molecule has 2 heteroatoms. The minimum absolute atomic E-state index is 0.384. The van der Waals surface area contributed by atoms with Gasteiger partial charge in [-0.3, -0.25) is 0 Å². The summed E-state index contributed by atoms with van der Waals surface area (Å²) in [5.74, 6) is 3.38. The number of nitrogens with one attached hydrogen (secondary N) is 1. The number of fused-ring (bicyclic) bond motifs is 2. The number of benzene rings is 1. The smallest absolute Gasteiger partial charge is 0.0914 e. The number of rotatable bonds is 6. The first-order valence-corrected chi connectivity index (χ1v) is 8.62. The first kappa shape index (κ1) is 15.1. The Morgan fingerprint density at radius 3 is 2.38 bits per heavy atom. The second-order valence-corrected chi connectivity index (χ2v) is 7.43. The highest BCUT2D eigenvalue weighted by atomic mass is 16.3. The van der Waals surface area contributed by atoms with E-state index in [1.54, 1.807) is 0 Å². The van der Waals surface area contributed by atoms with Gasteiger partial charge in [0.05, 0.1) is 6.10 Å². The molecule has 0 heterocycles. The molecule has 0 amide bonds. The molecule has 116 valence electrons. The molecule has 0 saturated heterocycles. The predicted molar refractivity (Wildman–Crippen MR) is 87.3 cm³/mol. The van der Waals surface area contributed by atoms with Gasteiger partial charge in [0, 0.05) is 6.54 Å². The van der Waals surface area contributed by atoms with E-state index >= 15 is 0 Å². The fourth-order valence-corrected chi connectivity index (χ4v) is 4.25. The first-order valence-electron chi connectivity index (χ1n) is 8.62. The average Bonchev–Trinajstić information content (AvgIpc) is 3.10. The van der Waals surface area contributed by atoms with Crippen LogP contribution in [0.2, 0.25) is 0 Å². The molecule has 4 atom stereocenters. The van der Waals surface area contributed by atoms with Gasteiger partial charge in [-0.05, 0) is 60.6 Å². The molecule has 3 rings (SSSR count). The van der Waals surface area contributed by atoms with Crippen molar-refractivity contribution in [2.24, 2.45) is 17.8 Å². The Morgan fingerprint density at radius 1 is 1.10 bits per heavy atom. The summed E-state index contributed by atoms with van der Waals surface area (Å²) in [6.07, 6.45) is 5.40. The zero-order valence-corrected chi connectivity index (χ0v) is 13.4. The highest BCUT2D eigenvalue weighted by Gasteiger charge is 2.38. The maximum Gasteiger partial charge on any atom is 0.0914 e. The Bertz CT molecular complexity index is 453. The van der Waals surface area contributed by atoms with Crippen molar-refractivity contribution in [3.63, 3.8) is 0 Å². The van der Waals surface area contributed by atoms with Crippen molar-refractivity contribution in [3.8, 4) is 0 Å². The summed E-state index contributed by atoms with van der Waals surface area (Å²) in [4.78, 5) is 0. The largest absolute Gasteiger partial charge is 0.387 e. The van der Waals surface area contributed by atoms with Gasteiger partial charge in [-0.2, -0.15) is 0 Å². The van der Waals surface area contributed by atoms with E-state index in [0.717, 1.165) is 29.9 Å². The van der Waals surface area contributed by atoms with Gasteiger partial charge in [-0.15, -0.1) is 0 Å². The molecule has 2 saturated carbocycles. The maximum atomic E-state index is 10.3. The molecule has 2 aliphatic carbocycles. The molecule has 1 aromatic carbocycles. The van der Waals surface area contributed by atoms with Crippen molar-refractivity contribution >= 4 is 0 Å². The third kappa shape index (κ3) is 3.49. The van der Waals surface area contributed by atoms with E-state index in [0.29, 0.717) is 12.5 Å². The summed E-state index contributed by atoms with van der Waals surface area (Å²) in [6, 6.07) is 8.41. The predicted octanol–water partition coefficient (Wildman–Crippen LogP) is 3.87. The number of hydrogen-bond acceptors (Lipinski definition) is 2. The van der Waals surface area contributed by atoms with E-state index in [9.17, 15) is 5.11 Å². The minimum atomic E-state index is -0.384. The monoisotopic (exact) mass is 287 g/mol. The molecule has 2 nitrogen and oxygen atoms in total. The highest BCUT2D eigenvalue weighted by molar-refractivity contribution is 5.26. The van der Waals surface area contributed by atoms with Gasteiger partial charge in [-0.1, -0.05) is 44.5 Å². The van der Waals surface area contributed by atoms with Crippen LogP contribution in [0.1, 0.15) is 62.7 Å². The Labute approximate surface area is 129 Å². The molecule has 0 spiro atoms. The molecule has 1 aromatic rings. The lowest BCUT2D eigenvalue weighted by Gasteiger charge is -2.23. The average molecular weight is 287 g/mol. The SMILES string of the molecule is CC(C)c1ccc(C(O)CNCC2CC3CCC2C3)cc1. The van der Waals surface area contributed by atoms with Crippen molar-refractivity contribution in [1.82, 2.24) is 5.32 Å². The van der Waals surface area contributed by atoms with Crippen LogP contribution in [0, 0.1) is 17.8 Å². The molecule has 2 N–H and O–H groups in total. The second-order valence-electron chi connectivity index (χ2n) is 7.43. The molecule has 21 heavy (non-hydrogen) atoms. The van der Waals surface area contributed by atoms with Gasteiger partial charge >= 0.3 is 0 Å². The molecule has 2 bridgehead atoms. The van der Waals surface area contributed by atoms with Crippen LogP contribution in [0.25, 0.3) is 0 Å². The van der Waals surface area contributed by atoms with Crippen LogP contribution in [0.3, 0.4) is 0 Å². The third-order valence-corrected chi connectivity index (χ3v) is 5.62. The van der Waals surface area contributed by atoms with Gasteiger partial charge < -0.3 is 10.4 Å². The summed E-state index contributed by atoms with van der Waals surface area (Å²) in [5.41, 5.74) is 2.36. The van der Waals surface area contributed by atoms with Crippen LogP contribution < -0.4 is 5.32 Å². The molecular weight excluding hydrogens is 258 g/mol. The van der Waals surface area contributed by atoms with E-state index in [4.69, 9.17) is 0 Å². The number of aliphatic hydroxyl groups is 1. The van der Waals surface area contributed by atoms with Crippen molar-refractivity contribution < 1.29 is 5.11 Å². The van der Waals surface area contributed by atoms with Crippen LogP contribution in [0.15, 0.2) is 24.3 Å². The van der Waals surface area contributed by atoms with Crippen LogP contribution in [0.4, 0.5) is 0 Å². The van der Waals surface area contributed by atoms with Crippen molar-refractivity contribution in [2.45, 2.75) is 51.6 Å².